The molecule has 0 saturated carbocycles. The van der Waals surface area contributed by atoms with Crippen molar-refractivity contribution >= 4 is 22.5 Å². The van der Waals surface area contributed by atoms with Crippen LogP contribution in [0.15, 0.2) is 18.2 Å². The average Bonchev–Trinajstić information content (AvgIpc) is 2.38. The normalized spacial score (nSPS) is 12.4. The quantitative estimate of drug-likeness (QED) is 0.809. The van der Waals surface area contributed by atoms with Crippen molar-refractivity contribution in [2.24, 2.45) is 12.8 Å². The van der Waals surface area contributed by atoms with Crippen molar-refractivity contribution in [3.8, 4) is 0 Å². The van der Waals surface area contributed by atoms with E-state index in [0.29, 0.717) is 0 Å². The van der Waals surface area contributed by atoms with Gasteiger partial charge in [-0.15, -0.1) is 0 Å². The first-order valence-electron chi connectivity index (χ1n) is 5.36. The maximum absolute atomic E-state index is 6.21. The van der Waals surface area contributed by atoms with E-state index < -0.39 is 0 Å². The fourth-order valence-electron chi connectivity index (χ4n) is 2.51. The molecule has 0 bridgehead atoms. The number of hydrogen-bond acceptors (Lipinski definition) is 1. The number of rotatable bonds is 1. The number of benzene rings is 1. The van der Waals surface area contributed by atoms with Crippen molar-refractivity contribution in [3.05, 3.63) is 34.5 Å². The summed E-state index contributed by atoms with van der Waals surface area (Å²) in [6.45, 7) is 6.16. The molecule has 3 heteroatoms. The van der Waals surface area contributed by atoms with Crippen molar-refractivity contribution in [1.82, 2.24) is 4.57 Å². The smallest absolute Gasteiger partial charge is 0.0509 e. The molecule has 2 N–H and O–H groups in total. The molecule has 2 aromatic rings. The van der Waals surface area contributed by atoms with E-state index in [4.69, 9.17) is 17.3 Å². The maximum atomic E-state index is 6.21. The summed E-state index contributed by atoms with van der Waals surface area (Å²) < 4.78 is 2.14. The van der Waals surface area contributed by atoms with Crippen LogP contribution < -0.4 is 5.73 Å². The molecule has 0 amide bonds. The van der Waals surface area contributed by atoms with E-state index in [1.807, 2.05) is 33.0 Å². The zero-order valence-corrected chi connectivity index (χ0v) is 10.9. The zero-order valence-electron chi connectivity index (χ0n) is 10.1. The van der Waals surface area contributed by atoms with E-state index in [-0.39, 0.29) is 5.54 Å². The predicted molar refractivity (Wildman–Crippen MR) is 69.9 cm³/mol. The Morgan fingerprint density at radius 2 is 1.94 bits per heavy atom. The fraction of sp³-hybridized carbons (Fsp3) is 0.385. The minimum atomic E-state index is -0.343. The molecule has 0 aliphatic rings. The molecule has 0 atom stereocenters. The molecule has 1 aromatic carbocycles. The molecule has 0 aliphatic heterocycles. The minimum Gasteiger partial charge on any atom is -0.346 e. The number of aryl methyl sites for hydroxylation is 2. The Bertz CT molecular complexity index is 547. The summed E-state index contributed by atoms with van der Waals surface area (Å²) >= 11 is 6.02. The van der Waals surface area contributed by atoms with Gasteiger partial charge in [-0.2, -0.15) is 0 Å². The summed E-state index contributed by atoms with van der Waals surface area (Å²) in [5, 5.41) is 1.98. The minimum absolute atomic E-state index is 0.343. The van der Waals surface area contributed by atoms with Gasteiger partial charge in [0.25, 0.3) is 0 Å². The summed E-state index contributed by atoms with van der Waals surface area (Å²) in [7, 11) is 2.04. The van der Waals surface area contributed by atoms with Gasteiger partial charge >= 0.3 is 0 Å². The lowest BCUT2D eigenvalue weighted by molar-refractivity contribution is 0.513. The van der Waals surface area contributed by atoms with Gasteiger partial charge in [0.15, 0.2) is 0 Å². The predicted octanol–water partition coefficient (Wildman–Crippen LogP) is 3.33. The molecule has 1 aromatic heterocycles. The Morgan fingerprint density at radius 3 is 2.50 bits per heavy atom. The van der Waals surface area contributed by atoms with Crippen LogP contribution in [0.2, 0.25) is 5.02 Å². The van der Waals surface area contributed by atoms with Gasteiger partial charge in [0, 0.05) is 28.7 Å². The molecule has 16 heavy (non-hydrogen) atoms. The van der Waals surface area contributed by atoms with Crippen LogP contribution in [0.5, 0.6) is 0 Å². The number of nitrogens with zero attached hydrogens (tertiary/aromatic N) is 1. The first kappa shape index (κ1) is 11.5. The third-order valence-electron chi connectivity index (χ3n) is 3.03. The second kappa shape index (κ2) is 3.51. The largest absolute Gasteiger partial charge is 0.346 e. The van der Waals surface area contributed by atoms with E-state index in [0.717, 1.165) is 16.2 Å². The topological polar surface area (TPSA) is 30.9 Å². The lowest BCUT2D eigenvalue weighted by Gasteiger charge is -2.21. The van der Waals surface area contributed by atoms with Gasteiger partial charge in [-0.25, -0.2) is 0 Å². The van der Waals surface area contributed by atoms with Crippen molar-refractivity contribution < 1.29 is 0 Å². The van der Waals surface area contributed by atoms with Crippen LogP contribution in [-0.4, -0.2) is 4.57 Å². The van der Waals surface area contributed by atoms with Crippen molar-refractivity contribution in [2.75, 3.05) is 0 Å². The highest BCUT2D eigenvalue weighted by molar-refractivity contribution is 6.31. The Hall–Kier alpha value is -0.990. The van der Waals surface area contributed by atoms with E-state index >= 15 is 0 Å². The third-order valence-corrected chi connectivity index (χ3v) is 3.26. The number of aromatic nitrogens is 1. The molecule has 86 valence electrons. The van der Waals surface area contributed by atoms with Gasteiger partial charge in [-0.3, -0.25) is 0 Å². The van der Waals surface area contributed by atoms with E-state index in [1.54, 1.807) is 0 Å². The van der Waals surface area contributed by atoms with Crippen molar-refractivity contribution in [2.45, 2.75) is 26.3 Å². The molecule has 0 aliphatic carbocycles. The maximum Gasteiger partial charge on any atom is 0.0509 e. The second-order valence-electron chi connectivity index (χ2n) is 4.92. The van der Waals surface area contributed by atoms with Gasteiger partial charge in [0.1, 0.15) is 0 Å². The van der Waals surface area contributed by atoms with Crippen molar-refractivity contribution in [1.29, 1.82) is 0 Å². The zero-order chi connectivity index (χ0) is 12.1. The number of nitrogens with two attached hydrogens (primary N) is 1. The molecule has 0 radical (unpaired) electrons. The summed E-state index contributed by atoms with van der Waals surface area (Å²) in [5.74, 6) is 0. The lowest BCUT2D eigenvalue weighted by Crippen LogP contribution is -2.31. The van der Waals surface area contributed by atoms with E-state index in [1.165, 1.54) is 10.9 Å². The summed E-state index contributed by atoms with van der Waals surface area (Å²) in [6, 6.07) is 5.96. The second-order valence-corrected chi connectivity index (χ2v) is 5.35. The molecular weight excluding hydrogens is 220 g/mol. The van der Waals surface area contributed by atoms with Crippen molar-refractivity contribution in [3.63, 3.8) is 0 Å². The molecule has 2 nitrogen and oxygen atoms in total. The van der Waals surface area contributed by atoms with E-state index in [9.17, 15) is 0 Å². The van der Waals surface area contributed by atoms with Crippen LogP contribution in [0, 0.1) is 6.92 Å². The van der Waals surface area contributed by atoms with Gasteiger partial charge in [0.2, 0.25) is 0 Å². The molecule has 0 saturated heterocycles. The molecule has 0 spiro atoms. The van der Waals surface area contributed by atoms with Crippen LogP contribution in [-0.2, 0) is 12.6 Å². The number of halogens is 1. The summed E-state index contributed by atoms with van der Waals surface area (Å²) in [5.41, 5.74) is 9.40. The van der Waals surface area contributed by atoms with Crippen LogP contribution in [0.25, 0.3) is 10.9 Å². The summed E-state index contributed by atoms with van der Waals surface area (Å²) in [6.07, 6.45) is 0. The molecule has 0 unspecified atom stereocenters. The Labute approximate surface area is 101 Å². The van der Waals surface area contributed by atoms with Crippen LogP contribution >= 0.6 is 11.6 Å². The Kier molecular flexibility index (Phi) is 2.52. The highest BCUT2D eigenvalue weighted by Gasteiger charge is 2.23. The fourth-order valence-corrected chi connectivity index (χ4v) is 2.68. The Morgan fingerprint density at radius 1 is 1.31 bits per heavy atom. The lowest BCUT2D eigenvalue weighted by atomic mass is 9.98. The van der Waals surface area contributed by atoms with Gasteiger partial charge in [-0.05, 0) is 38.5 Å². The standard InChI is InChI=1S/C13H17ClN2/c1-8-10-6-5-9(14)7-11(10)16(4)12(8)13(2,3)15/h5-7H,15H2,1-4H3. The monoisotopic (exact) mass is 236 g/mol. The van der Waals surface area contributed by atoms with E-state index in [2.05, 4.69) is 17.6 Å². The average molecular weight is 237 g/mol. The third kappa shape index (κ3) is 1.62. The highest BCUT2D eigenvalue weighted by atomic mass is 35.5. The molecule has 2 rings (SSSR count). The molecular formula is C13H17ClN2. The Balaban J connectivity index is 2.87. The van der Waals surface area contributed by atoms with Crippen LogP contribution in [0.4, 0.5) is 0 Å². The first-order valence-corrected chi connectivity index (χ1v) is 5.74. The molecule has 1 heterocycles. The SMILES string of the molecule is Cc1c(C(C)(C)N)n(C)c2cc(Cl)ccc12. The van der Waals surface area contributed by atoms with Crippen LogP contribution in [0.3, 0.4) is 0 Å². The number of fused-ring (bicyclic) bond motifs is 1. The highest BCUT2D eigenvalue weighted by Crippen LogP contribution is 2.31. The summed E-state index contributed by atoms with van der Waals surface area (Å²) in [4.78, 5) is 0. The van der Waals surface area contributed by atoms with Gasteiger partial charge in [-0.1, -0.05) is 17.7 Å². The van der Waals surface area contributed by atoms with Crippen LogP contribution in [0.1, 0.15) is 25.1 Å². The first-order chi connectivity index (χ1) is 7.32. The molecule has 0 fully saturated rings. The number of hydrogen-bond donors (Lipinski definition) is 1. The van der Waals surface area contributed by atoms with Gasteiger partial charge in [0.05, 0.1) is 5.54 Å². The van der Waals surface area contributed by atoms with Gasteiger partial charge < -0.3 is 10.3 Å².